The van der Waals surface area contributed by atoms with Gasteiger partial charge in [-0.2, -0.15) is 0 Å². The highest BCUT2D eigenvalue weighted by atomic mass is 31.2. The highest BCUT2D eigenvalue weighted by Gasteiger charge is 2.31. The minimum absolute atomic E-state index is 0.286. The zero-order chi connectivity index (χ0) is 10.0. The molecule has 0 aromatic carbocycles. The van der Waals surface area contributed by atoms with Crippen LogP contribution in [0, 0.1) is 0 Å². The lowest BCUT2D eigenvalue weighted by Crippen LogP contribution is -2.15. The van der Waals surface area contributed by atoms with Crippen LogP contribution in [0.15, 0.2) is 11.6 Å². The maximum atomic E-state index is 12.2. The molecule has 0 amide bonds. The minimum Gasteiger partial charge on any atom is -0.325 e. The van der Waals surface area contributed by atoms with Crippen LogP contribution in [0.2, 0.25) is 0 Å². The second kappa shape index (κ2) is 4.20. The third-order valence-corrected chi connectivity index (χ3v) is 5.50. The third kappa shape index (κ3) is 2.49. The van der Waals surface area contributed by atoms with Gasteiger partial charge >= 0.3 is 0 Å². The van der Waals surface area contributed by atoms with Crippen LogP contribution in [0.3, 0.4) is 0 Å². The summed E-state index contributed by atoms with van der Waals surface area (Å²) in [6.07, 6.45) is 9.78. The fraction of sp³-hybridized carbons (Fsp3) is 0.818. The zero-order valence-electron chi connectivity index (χ0n) is 8.87. The van der Waals surface area contributed by atoms with Crippen LogP contribution in [0.1, 0.15) is 39.0 Å². The van der Waals surface area contributed by atoms with Crippen molar-refractivity contribution in [2.45, 2.75) is 45.1 Å². The predicted molar refractivity (Wildman–Crippen MR) is 59.1 cm³/mol. The van der Waals surface area contributed by atoms with Crippen LogP contribution in [-0.4, -0.2) is 18.4 Å². The molecule has 1 aliphatic heterocycles. The summed E-state index contributed by atoms with van der Waals surface area (Å²) in [5.41, 5.74) is 1.24. The Balaban J connectivity index is 1.88. The molecule has 80 valence electrons. The van der Waals surface area contributed by atoms with E-state index < -0.39 is 7.37 Å². The maximum absolute atomic E-state index is 12.2. The molecule has 1 atom stereocenters. The van der Waals surface area contributed by atoms with Gasteiger partial charge in [0.2, 0.25) is 7.37 Å². The molecule has 0 radical (unpaired) electrons. The summed E-state index contributed by atoms with van der Waals surface area (Å²) in [5, 5.41) is 0. The lowest BCUT2D eigenvalue weighted by Gasteiger charge is -2.25. The van der Waals surface area contributed by atoms with Crippen LogP contribution in [0.4, 0.5) is 0 Å². The summed E-state index contributed by atoms with van der Waals surface area (Å²) in [4.78, 5) is 0. The molecule has 1 heterocycles. The molecule has 1 fully saturated rings. The maximum Gasteiger partial charge on any atom is 0.210 e. The molecule has 0 N–H and O–H groups in total. The highest BCUT2D eigenvalue weighted by molar-refractivity contribution is 7.59. The van der Waals surface area contributed by atoms with Crippen LogP contribution in [0.25, 0.3) is 0 Å². The Morgan fingerprint density at radius 3 is 2.64 bits per heavy atom. The quantitative estimate of drug-likeness (QED) is 0.518. The monoisotopic (exact) mass is 214 g/mol. The zero-order valence-corrected chi connectivity index (χ0v) is 9.76. The standard InChI is InChI=1S/C11H19O2P/c1-10-7-8-14(12,9-10)13-11-5-3-2-4-6-11/h7,11H,2-6,8-9H2,1H3/t14-/m1/s1. The Morgan fingerprint density at radius 1 is 1.36 bits per heavy atom. The van der Waals surface area contributed by atoms with E-state index in [1.54, 1.807) is 0 Å². The van der Waals surface area contributed by atoms with E-state index in [1.165, 1.54) is 24.8 Å². The summed E-state index contributed by atoms with van der Waals surface area (Å²) < 4.78 is 18.0. The second-order valence-corrected chi connectivity index (χ2v) is 7.09. The van der Waals surface area contributed by atoms with Gasteiger partial charge in [-0.1, -0.05) is 30.9 Å². The molecule has 0 unspecified atom stereocenters. The van der Waals surface area contributed by atoms with Gasteiger partial charge in [0.25, 0.3) is 0 Å². The van der Waals surface area contributed by atoms with Crippen molar-refractivity contribution in [3.63, 3.8) is 0 Å². The van der Waals surface area contributed by atoms with Gasteiger partial charge in [-0.05, 0) is 19.8 Å². The molecule has 1 aliphatic carbocycles. The predicted octanol–water partition coefficient (Wildman–Crippen LogP) is 3.57. The Labute approximate surface area is 86.2 Å². The van der Waals surface area contributed by atoms with E-state index in [4.69, 9.17) is 4.52 Å². The van der Waals surface area contributed by atoms with Gasteiger partial charge < -0.3 is 4.52 Å². The molecule has 0 saturated heterocycles. The minimum atomic E-state index is -2.29. The number of hydrogen-bond acceptors (Lipinski definition) is 2. The van der Waals surface area contributed by atoms with Crippen LogP contribution in [-0.2, 0) is 9.09 Å². The third-order valence-electron chi connectivity index (χ3n) is 3.10. The van der Waals surface area contributed by atoms with Crippen molar-refractivity contribution in [3.05, 3.63) is 11.6 Å². The SMILES string of the molecule is CC1=CC[P@@](=O)(OC2CCCCC2)C1. The molecular weight excluding hydrogens is 195 g/mol. The van der Waals surface area contributed by atoms with E-state index in [0.29, 0.717) is 12.3 Å². The fourth-order valence-electron chi connectivity index (χ4n) is 2.33. The Morgan fingerprint density at radius 2 is 2.07 bits per heavy atom. The Kier molecular flexibility index (Phi) is 3.14. The van der Waals surface area contributed by atoms with E-state index in [-0.39, 0.29) is 6.10 Å². The first-order valence-electron chi connectivity index (χ1n) is 5.60. The Bertz CT molecular complexity index is 277. The van der Waals surface area contributed by atoms with Crippen molar-refractivity contribution in [2.75, 3.05) is 12.3 Å². The molecule has 2 aliphatic rings. The Hall–Kier alpha value is -0.0700. The van der Waals surface area contributed by atoms with Gasteiger partial charge in [-0.15, -0.1) is 0 Å². The van der Waals surface area contributed by atoms with Gasteiger partial charge in [0.15, 0.2) is 0 Å². The summed E-state index contributed by atoms with van der Waals surface area (Å²) in [7, 11) is -2.29. The summed E-state index contributed by atoms with van der Waals surface area (Å²) >= 11 is 0. The first kappa shape index (κ1) is 10.4. The molecule has 0 aromatic heterocycles. The first-order chi connectivity index (χ1) is 6.68. The number of allylic oxidation sites excluding steroid dienone is 2. The largest absolute Gasteiger partial charge is 0.325 e. The lowest BCUT2D eigenvalue weighted by molar-refractivity contribution is 0.159. The second-order valence-electron chi connectivity index (χ2n) is 4.57. The molecule has 3 heteroatoms. The summed E-state index contributed by atoms with van der Waals surface area (Å²) in [6.45, 7) is 2.05. The van der Waals surface area contributed by atoms with Crippen molar-refractivity contribution >= 4 is 7.37 Å². The van der Waals surface area contributed by atoms with Gasteiger partial charge in [-0.25, -0.2) is 0 Å². The van der Waals surface area contributed by atoms with Gasteiger partial charge in [0.05, 0.1) is 6.10 Å². The molecule has 0 bridgehead atoms. The molecule has 0 aromatic rings. The van der Waals surface area contributed by atoms with Gasteiger partial charge in [-0.3, -0.25) is 4.57 Å². The van der Waals surface area contributed by atoms with Crippen molar-refractivity contribution < 1.29 is 9.09 Å². The van der Waals surface area contributed by atoms with E-state index in [9.17, 15) is 4.57 Å². The van der Waals surface area contributed by atoms with E-state index in [2.05, 4.69) is 6.08 Å². The smallest absolute Gasteiger partial charge is 0.210 e. The van der Waals surface area contributed by atoms with Gasteiger partial charge in [0, 0.05) is 12.3 Å². The molecule has 14 heavy (non-hydrogen) atoms. The average molecular weight is 214 g/mol. The van der Waals surface area contributed by atoms with Crippen molar-refractivity contribution in [3.8, 4) is 0 Å². The first-order valence-corrected chi connectivity index (χ1v) is 7.60. The summed E-state index contributed by atoms with van der Waals surface area (Å²) in [6, 6.07) is 0. The van der Waals surface area contributed by atoms with E-state index in [0.717, 1.165) is 12.8 Å². The molecular formula is C11H19O2P. The number of rotatable bonds is 2. The number of hydrogen-bond donors (Lipinski definition) is 0. The lowest BCUT2D eigenvalue weighted by atomic mass is 9.98. The topological polar surface area (TPSA) is 26.3 Å². The molecule has 2 rings (SSSR count). The molecule has 1 saturated carbocycles. The highest BCUT2D eigenvalue weighted by Crippen LogP contribution is 2.54. The average Bonchev–Trinajstić information content (AvgIpc) is 2.47. The van der Waals surface area contributed by atoms with Crippen molar-refractivity contribution in [2.24, 2.45) is 0 Å². The molecule has 2 nitrogen and oxygen atoms in total. The van der Waals surface area contributed by atoms with Crippen molar-refractivity contribution in [1.82, 2.24) is 0 Å². The summed E-state index contributed by atoms with van der Waals surface area (Å²) in [5.74, 6) is 0. The van der Waals surface area contributed by atoms with Gasteiger partial charge in [0.1, 0.15) is 0 Å². The van der Waals surface area contributed by atoms with Crippen LogP contribution < -0.4 is 0 Å². The van der Waals surface area contributed by atoms with E-state index in [1.807, 2.05) is 6.92 Å². The van der Waals surface area contributed by atoms with E-state index >= 15 is 0 Å². The van der Waals surface area contributed by atoms with Crippen molar-refractivity contribution in [1.29, 1.82) is 0 Å². The van der Waals surface area contributed by atoms with Crippen LogP contribution in [0.5, 0.6) is 0 Å². The normalized spacial score (nSPS) is 34.5. The molecule has 0 spiro atoms. The fourth-order valence-corrected chi connectivity index (χ4v) is 4.85. The van der Waals surface area contributed by atoms with Crippen LogP contribution >= 0.6 is 7.37 Å².